The molecule has 0 saturated heterocycles. The van der Waals surface area contributed by atoms with E-state index in [0.29, 0.717) is 11.1 Å². The highest BCUT2D eigenvalue weighted by atomic mass is 35.5. The molecule has 0 aliphatic heterocycles. The summed E-state index contributed by atoms with van der Waals surface area (Å²) in [6.45, 7) is -3.39. The predicted molar refractivity (Wildman–Crippen MR) is 141 cm³/mol. The van der Waals surface area contributed by atoms with Crippen LogP contribution < -0.4 is 4.74 Å². The molecule has 1 N–H and O–H groups in total. The first-order valence-corrected chi connectivity index (χ1v) is 12.9. The van der Waals surface area contributed by atoms with Crippen LogP contribution in [0.5, 0.6) is 5.75 Å². The third-order valence-corrected chi connectivity index (χ3v) is 7.55. The Labute approximate surface area is 232 Å². The fourth-order valence-electron chi connectivity index (χ4n) is 4.93. The molecule has 1 fully saturated rings. The summed E-state index contributed by atoms with van der Waals surface area (Å²) in [6.07, 6.45) is 2.80. The molecule has 0 radical (unpaired) electrons. The van der Waals surface area contributed by atoms with Crippen molar-refractivity contribution in [2.75, 3.05) is 0 Å². The highest BCUT2D eigenvalue weighted by Gasteiger charge is 2.48. The summed E-state index contributed by atoms with van der Waals surface area (Å²) in [7, 11) is 0. The number of carbonyl (C=O) groups excluding carboxylic acids is 1. The van der Waals surface area contributed by atoms with Gasteiger partial charge in [-0.3, -0.25) is 4.79 Å². The minimum absolute atomic E-state index is 0.0223. The van der Waals surface area contributed by atoms with Crippen LogP contribution in [0, 0.1) is 16.5 Å². The smallest absolute Gasteiger partial charge is 0.387 e. The molecule has 4 aromatic rings. The van der Waals surface area contributed by atoms with Gasteiger partial charge in [0, 0.05) is 11.5 Å². The van der Waals surface area contributed by atoms with Gasteiger partial charge in [0.15, 0.2) is 0 Å². The summed E-state index contributed by atoms with van der Waals surface area (Å²) >= 11 is 11.7. The molecule has 1 saturated carbocycles. The molecule has 0 bridgehead atoms. The molecule has 0 amide bonds. The summed E-state index contributed by atoms with van der Waals surface area (Å²) in [4.78, 5) is 13.0. The topological polar surface area (TPSA) is 69.3 Å². The number of rotatable bonds is 9. The monoisotopic (exact) mass is 573 g/mol. The Bertz CT molecular complexity index is 1560. The Hall–Kier alpha value is -3.47. The molecule has 1 aromatic heterocycles. The van der Waals surface area contributed by atoms with Crippen LogP contribution in [0.15, 0.2) is 79.1 Å². The summed E-state index contributed by atoms with van der Waals surface area (Å²) in [5.74, 6) is -1.89. The van der Waals surface area contributed by atoms with Gasteiger partial charge in [0.25, 0.3) is 5.91 Å². The SMILES string of the molecule is O=C(c1ccccc1)n1cnn(CC(O)(c2ccc(Cl)c(OC(F)F)c2)C(c2cccc(F)c2)C2CC2)c1=S. The molecule has 202 valence electrons. The van der Waals surface area contributed by atoms with E-state index in [0.717, 1.165) is 12.8 Å². The Balaban J connectivity index is 1.62. The molecule has 1 aliphatic carbocycles. The number of aliphatic hydroxyl groups is 1. The van der Waals surface area contributed by atoms with E-state index in [1.54, 1.807) is 42.5 Å². The molecular weight excluding hydrogens is 551 g/mol. The van der Waals surface area contributed by atoms with E-state index < -0.39 is 29.9 Å². The molecule has 3 aromatic carbocycles. The van der Waals surface area contributed by atoms with E-state index >= 15 is 0 Å². The summed E-state index contributed by atoms with van der Waals surface area (Å²) in [5, 5.41) is 16.7. The van der Waals surface area contributed by atoms with Crippen molar-refractivity contribution in [3.63, 3.8) is 0 Å². The van der Waals surface area contributed by atoms with Crippen molar-refractivity contribution >= 4 is 29.7 Å². The zero-order chi connectivity index (χ0) is 27.7. The second-order valence-corrected chi connectivity index (χ2v) is 10.2. The van der Waals surface area contributed by atoms with Crippen molar-refractivity contribution in [2.24, 2.45) is 5.92 Å². The van der Waals surface area contributed by atoms with E-state index in [4.69, 9.17) is 23.8 Å². The minimum Gasteiger partial charge on any atom is -0.433 e. The Morgan fingerprint density at radius 2 is 1.87 bits per heavy atom. The molecular formula is C28H23ClF3N3O3S. The molecule has 11 heteroatoms. The van der Waals surface area contributed by atoms with E-state index in [9.17, 15) is 23.1 Å². The van der Waals surface area contributed by atoms with Gasteiger partial charge < -0.3 is 9.84 Å². The van der Waals surface area contributed by atoms with E-state index in [1.807, 2.05) is 0 Å². The standard InChI is InChI=1S/C28H23ClF3N3O3S/c29-22-12-11-20(14-23(22)38-26(31)32)28(37,24(17-9-10-17)19-7-4-8-21(30)13-19)15-35-27(39)34(16-33-35)25(36)18-5-2-1-3-6-18/h1-8,11-14,16-17,24,26,37H,9-10,15H2. The van der Waals surface area contributed by atoms with Gasteiger partial charge in [-0.1, -0.05) is 48.0 Å². The van der Waals surface area contributed by atoms with Gasteiger partial charge >= 0.3 is 6.61 Å². The van der Waals surface area contributed by atoms with Crippen LogP contribution in [-0.2, 0) is 12.1 Å². The van der Waals surface area contributed by atoms with Crippen molar-refractivity contribution in [1.82, 2.24) is 14.3 Å². The van der Waals surface area contributed by atoms with E-state index in [1.165, 1.54) is 45.9 Å². The maximum absolute atomic E-state index is 14.3. The average Bonchev–Trinajstić information content (AvgIpc) is 3.68. The van der Waals surface area contributed by atoms with Crippen molar-refractivity contribution < 1.29 is 27.8 Å². The first-order chi connectivity index (χ1) is 18.7. The number of nitrogens with zero attached hydrogens (tertiary/aromatic N) is 3. The molecule has 5 rings (SSSR count). The van der Waals surface area contributed by atoms with Gasteiger partial charge in [-0.15, -0.1) is 0 Å². The fraction of sp³-hybridized carbons (Fsp3) is 0.250. The lowest BCUT2D eigenvalue weighted by atomic mass is 9.74. The molecule has 1 heterocycles. The van der Waals surface area contributed by atoms with Crippen LogP contribution >= 0.6 is 23.8 Å². The number of alkyl halides is 2. The minimum atomic E-state index is -3.14. The van der Waals surface area contributed by atoms with Gasteiger partial charge in [-0.25, -0.2) is 13.6 Å². The quantitative estimate of drug-likeness (QED) is 0.229. The molecule has 0 spiro atoms. The molecule has 6 nitrogen and oxygen atoms in total. The number of benzene rings is 3. The van der Waals surface area contributed by atoms with Gasteiger partial charge in [-0.2, -0.15) is 13.9 Å². The molecule has 1 aliphatic rings. The van der Waals surface area contributed by atoms with Gasteiger partial charge in [0.05, 0.1) is 11.6 Å². The number of carbonyl (C=O) groups is 1. The molecule has 2 unspecified atom stereocenters. The van der Waals surface area contributed by atoms with E-state index in [2.05, 4.69) is 9.84 Å². The highest BCUT2D eigenvalue weighted by molar-refractivity contribution is 7.71. The maximum atomic E-state index is 14.3. The van der Waals surface area contributed by atoms with Gasteiger partial charge in [0.1, 0.15) is 23.5 Å². The van der Waals surface area contributed by atoms with Crippen LogP contribution in [0.3, 0.4) is 0 Å². The van der Waals surface area contributed by atoms with Crippen molar-refractivity contribution in [3.8, 4) is 5.75 Å². The third-order valence-electron chi connectivity index (χ3n) is 6.83. The maximum Gasteiger partial charge on any atom is 0.387 e. The summed E-state index contributed by atoms with van der Waals surface area (Å²) in [6, 6.07) is 18.5. The Morgan fingerprint density at radius 1 is 1.13 bits per heavy atom. The van der Waals surface area contributed by atoms with Crippen LogP contribution in [-0.4, -0.2) is 32.0 Å². The highest BCUT2D eigenvalue weighted by Crippen LogP contribution is 2.53. The zero-order valence-corrected chi connectivity index (χ0v) is 22.0. The van der Waals surface area contributed by atoms with Crippen molar-refractivity contribution in [2.45, 2.75) is 37.5 Å². The first-order valence-electron chi connectivity index (χ1n) is 12.1. The van der Waals surface area contributed by atoms with Crippen molar-refractivity contribution in [3.05, 3.63) is 111 Å². The number of ether oxygens (including phenoxy) is 1. The second kappa shape index (κ2) is 11.0. The number of hydrogen-bond donors (Lipinski definition) is 1. The van der Waals surface area contributed by atoms with Crippen LogP contribution in [0.2, 0.25) is 5.02 Å². The largest absolute Gasteiger partial charge is 0.433 e. The van der Waals surface area contributed by atoms with Crippen molar-refractivity contribution in [1.29, 1.82) is 0 Å². The van der Waals surface area contributed by atoms with Crippen LogP contribution in [0.1, 0.15) is 40.2 Å². The van der Waals surface area contributed by atoms with Gasteiger partial charge in [0.2, 0.25) is 4.77 Å². The fourth-order valence-corrected chi connectivity index (χ4v) is 5.33. The predicted octanol–water partition coefficient (Wildman–Crippen LogP) is 6.58. The van der Waals surface area contributed by atoms with E-state index in [-0.39, 0.29) is 33.6 Å². The number of halogens is 4. The normalized spacial score (nSPS) is 15.6. The van der Waals surface area contributed by atoms with Gasteiger partial charge in [-0.05, 0) is 78.5 Å². The number of hydrogen-bond acceptors (Lipinski definition) is 5. The zero-order valence-electron chi connectivity index (χ0n) is 20.4. The lowest BCUT2D eigenvalue weighted by Crippen LogP contribution is -2.40. The summed E-state index contributed by atoms with van der Waals surface area (Å²) in [5.41, 5.74) is -0.704. The number of aromatic nitrogens is 3. The van der Waals surface area contributed by atoms with Crippen LogP contribution in [0.25, 0.3) is 0 Å². The third kappa shape index (κ3) is 5.63. The lowest BCUT2D eigenvalue weighted by molar-refractivity contribution is -0.0510. The lowest BCUT2D eigenvalue weighted by Gasteiger charge is -2.37. The molecule has 39 heavy (non-hydrogen) atoms. The first kappa shape index (κ1) is 27.1. The average molecular weight is 574 g/mol. The molecule has 2 atom stereocenters. The Kier molecular flexibility index (Phi) is 7.61. The Morgan fingerprint density at radius 3 is 2.54 bits per heavy atom. The van der Waals surface area contributed by atoms with Crippen LogP contribution in [0.4, 0.5) is 13.2 Å². The second-order valence-electron chi connectivity index (χ2n) is 9.43. The summed E-state index contributed by atoms with van der Waals surface area (Å²) < 4.78 is 47.6.